The van der Waals surface area contributed by atoms with Gasteiger partial charge in [-0.2, -0.15) is 0 Å². The molecule has 2 unspecified atom stereocenters. The summed E-state index contributed by atoms with van der Waals surface area (Å²) in [5, 5.41) is 0. The van der Waals surface area contributed by atoms with Crippen LogP contribution >= 0.6 is 12.4 Å². The number of carbonyl (C=O) groups excluding carboxylic acids is 1. The number of nitrogens with two attached hydrogens (primary N) is 1. The Bertz CT molecular complexity index is 582. The number of amides is 1. The monoisotopic (exact) mass is 342 g/mol. The van der Waals surface area contributed by atoms with Gasteiger partial charge in [-0.1, -0.05) is 18.6 Å². The highest BCUT2D eigenvalue weighted by Gasteiger charge is 2.53. The van der Waals surface area contributed by atoms with Crippen molar-refractivity contribution in [2.75, 3.05) is 27.2 Å². The number of halogens is 2. The number of hydrogen-bond donors (Lipinski definition) is 1. The summed E-state index contributed by atoms with van der Waals surface area (Å²) >= 11 is 0. The molecule has 1 aromatic rings. The minimum absolute atomic E-state index is 0. The fourth-order valence-electron chi connectivity index (χ4n) is 4.56. The first-order valence-electron chi connectivity index (χ1n) is 7.83. The quantitative estimate of drug-likeness (QED) is 0.918. The summed E-state index contributed by atoms with van der Waals surface area (Å²) in [5.74, 6) is -0.790. The molecule has 1 aliphatic carbocycles. The lowest BCUT2D eigenvalue weighted by molar-refractivity contribution is -0.167. The van der Waals surface area contributed by atoms with E-state index in [2.05, 4.69) is 11.9 Å². The van der Waals surface area contributed by atoms with Crippen LogP contribution in [0.25, 0.3) is 0 Å². The van der Waals surface area contributed by atoms with Crippen molar-refractivity contribution < 1.29 is 13.9 Å². The van der Waals surface area contributed by atoms with Crippen molar-refractivity contribution in [2.24, 2.45) is 17.6 Å². The maximum Gasteiger partial charge on any atom is 0.251 e. The van der Waals surface area contributed by atoms with Crippen LogP contribution < -0.4 is 5.73 Å². The maximum atomic E-state index is 14.9. The Balaban J connectivity index is 0.00000192. The lowest BCUT2D eigenvalue weighted by atomic mass is 9.62. The summed E-state index contributed by atoms with van der Waals surface area (Å²) in [6.45, 7) is 1.76. The number of benzene rings is 1. The van der Waals surface area contributed by atoms with E-state index < -0.39 is 17.3 Å². The fourth-order valence-corrected chi connectivity index (χ4v) is 4.56. The Labute approximate surface area is 142 Å². The molecule has 0 radical (unpaired) electrons. The van der Waals surface area contributed by atoms with Gasteiger partial charge >= 0.3 is 0 Å². The van der Waals surface area contributed by atoms with Crippen molar-refractivity contribution in [3.8, 4) is 0 Å². The van der Waals surface area contributed by atoms with E-state index in [0.717, 1.165) is 32.4 Å². The van der Waals surface area contributed by atoms with Crippen LogP contribution in [0.3, 0.4) is 0 Å². The number of hydrogen-bond acceptors (Lipinski definition) is 3. The predicted octanol–water partition coefficient (Wildman–Crippen LogP) is 2.55. The Morgan fingerprint density at radius 1 is 1.35 bits per heavy atom. The zero-order valence-corrected chi connectivity index (χ0v) is 14.4. The normalized spacial score (nSPS) is 30.6. The zero-order valence-electron chi connectivity index (χ0n) is 13.5. The summed E-state index contributed by atoms with van der Waals surface area (Å²) in [6.07, 6.45) is 3.16. The largest absolute Gasteiger partial charge is 0.373 e. The first-order chi connectivity index (χ1) is 10.5. The van der Waals surface area contributed by atoms with E-state index in [1.165, 1.54) is 6.07 Å². The SMILES string of the molecule is COC1(c2cccc(C(N)=O)c2F)C2CCCC1CN(C)C2.Cl. The third-order valence-corrected chi connectivity index (χ3v) is 5.41. The standard InChI is InChI=1S/C17H23FN2O2.ClH/c1-20-9-11-5-3-6-12(10-20)17(11,22-2)14-8-4-7-13(15(14)18)16(19)21;/h4,7-8,11-12H,3,5-6,9-10H2,1-2H3,(H2,19,21);1H. The Kier molecular flexibility index (Phi) is 5.33. The summed E-state index contributed by atoms with van der Waals surface area (Å²) in [5.41, 5.74) is 5.10. The molecule has 1 aromatic carbocycles. The molecular formula is C17H24ClFN2O2. The summed E-state index contributed by atoms with van der Waals surface area (Å²) < 4.78 is 20.9. The zero-order chi connectivity index (χ0) is 15.9. The maximum absolute atomic E-state index is 14.9. The van der Waals surface area contributed by atoms with Gasteiger partial charge in [0.1, 0.15) is 11.4 Å². The van der Waals surface area contributed by atoms with E-state index in [-0.39, 0.29) is 29.8 Å². The van der Waals surface area contributed by atoms with Crippen molar-refractivity contribution in [1.82, 2.24) is 4.90 Å². The predicted molar refractivity (Wildman–Crippen MR) is 89.2 cm³/mol. The van der Waals surface area contributed by atoms with Gasteiger partial charge in [0, 0.05) is 37.6 Å². The van der Waals surface area contributed by atoms with Gasteiger partial charge in [0.15, 0.2) is 0 Å². The van der Waals surface area contributed by atoms with Crippen LogP contribution in [0.2, 0.25) is 0 Å². The number of fused-ring (bicyclic) bond motifs is 2. The van der Waals surface area contributed by atoms with Crippen LogP contribution in [0.1, 0.15) is 35.2 Å². The van der Waals surface area contributed by atoms with E-state index in [4.69, 9.17) is 10.5 Å². The molecule has 2 atom stereocenters. The molecule has 2 fully saturated rings. The molecule has 6 heteroatoms. The second kappa shape index (κ2) is 6.75. The first kappa shape index (κ1) is 18.2. The molecular weight excluding hydrogens is 319 g/mol. The highest BCUT2D eigenvalue weighted by atomic mass is 35.5. The Morgan fingerprint density at radius 3 is 2.48 bits per heavy atom. The molecule has 2 aliphatic rings. The molecule has 128 valence electrons. The number of nitrogens with zero attached hydrogens (tertiary/aromatic N) is 1. The number of rotatable bonds is 3. The van der Waals surface area contributed by atoms with Gasteiger partial charge in [-0.15, -0.1) is 12.4 Å². The summed E-state index contributed by atoms with van der Waals surface area (Å²) in [7, 11) is 3.76. The third kappa shape index (κ3) is 2.75. The van der Waals surface area contributed by atoms with Crippen LogP contribution in [0.4, 0.5) is 4.39 Å². The van der Waals surface area contributed by atoms with Crippen molar-refractivity contribution in [1.29, 1.82) is 0 Å². The van der Waals surface area contributed by atoms with Gasteiger partial charge in [0.05, 0.1) is 5.56 Å². The Hall–Kier alpha value is -1.17. The first-order valence-corrected chi connectivity index (χ1v) is 7.83. The molecule has 1 saturated carbocycles. The number of primary amides is 1. The van der Waals surface area contributed by atoms with Crippen molar-refractivity contribution in [3.63, 3.8) is 0 Å². The van der Waals surface area contributed by atoms with Gasteiger partial charge in [-0.05, 0) is 26.0 Å². The topological polar surface area (TPSA) is 55.6 Å². The van der Waals surface area contributed by atoms with Gasteiger partial charge in [-0.25, -0.2) is 4.39 Å². The molecule has 23 heavy (non-hydrogen) atoms. The number of carbonyl (C=O) groups is 1. The highest BCUT2D eigenvalue weighted by Crippen LogP contribution is 2.52. The van der Waals surface area contributed by atoms with Crippen LogP contribution in [-0.4, -0.2) is 38.1 Å². The highest BCUT2D eigenvalue weighted by molar-refractivity contribution is 5.93. The average Bonchev–Trinajstić information content (AvgIpc) is 2.46. The summed E-state index contributed by atoms with van der Waals surface area (Å²) in [6, 6.07) is 4.89. The second-order valence-corrected chi connectivity index (χ2v) is 6.57. The van der Waals surface area contributed by atoms with E-state index >= 15 is 0 Å². The molecule has 4 nitrogen and oxygen atoms in total. The second-order valence-electron chi connectivity index (χ2n) is 6.57. The lowest BCUT2D eigenvalue weighted by Gasteiger charge is -2.54. The van der Waals surface area contributed by atoms with Crippen molar-refractivity contribution in [2.45, 2.75) is 24.9 Å². The smallest absolute Gasteiger partial charge is 0.251 e. The van der Waals surface area contributed by atoms with Gasteiger partial charge in [0.25, 0.3) is 5.91 Å². The van der Waals surface area contributed by atoms with E-state index in [1.54, 1.807) is 19.2 Å². The van der Waals surface area contributed by atoms with Gasteiger partial charge in [0.2, 0.25) is 0 Å². The molecule has 2 bridgehead atoms. The number of ether oxygens (including phenoxy) is 1. The van der Waals surface area contributed by atoms with Crippen LogP contribution in [0.15, 0.2) is 18.2 Å². The number of piperidine rings is 1. The van der Waals surface area contributed by atoms with Crippen molar-refractivity contribution in [3.05, 3.63) is 35.1 Å². The fraction of sp³-hybridized carbons (Fsp3) is 0.588. The molecule has 0 aromatic heterocycles. The minimum atomic E-state index is -0.733. The van der Waals surface area contributed by atoms with Crippen LogP contribution in [-0.2, 0) is 10.3 Å². The molecule has 1 heterocycles. The molecule has 1 saturated heterocycles. The minimum Gasteiger partial charge on any atom is -0.373 e. The third-order valence-electron chi connectivity index (χ3n) is 5.41. The van der Waals surface area contributed by atoms with Crippen molar-refractivity contribution >= 4 is 18.3 Å². The molecule has 0 spiro atoms. The Morgan fingerprint density at radius 2 is 1.96 bits per heavy atom. The number of methoxy groups -OCH3 is 1. The molecule has 2 N–H and O–H groups in total. The van der Waals surface area contributed by atoms with E-state index in [9.17, 15) is 9.18 Å². The van der Waals surface area contributed by atoms with Crippen LogP contribution in [0.5, 0.6) is 0 Å². The summed E-state index contributed by atoms with van der Waals surface area (Å²) in [4.78, 5) is 13.8. The average molecular weight is 343 g/mol. The lowest BCUT2D eigenvalue weighted by Crippen LogP contribution is -2.58. The number of likely N-dealkylation sites (tertiary alicyclic amines) is 1. The molecule has 3 rings (SSSR count). The molecule has 1 amide bonds. The van der Waals surface area contributed by atoms with Gasteiger partial charge in [-0.3, -0.25) is 4.79 Å². The van der Waals surface area contributed by atoms with Gasteiger partial charge < -0.3 is 15.4 Å². The molecule has 1 aliphatic heterocycles. The van der Waals surface area contributed by atoms with E-state index in [1.807, 2.05) is 0 Å². The van der Waals surface area contributed by atoms with E-state index in [0.29, 0.717) is 5.56 Å². The van der Waals surface area contributed by atoms with Crippen LogP contribution in [0, 0.1) is 17.7 Å².